The number of ketones is 3. The summed E-state index contributed by atoms with van der Waals surface area (Å²) in [5, 5.41) is 0.576. The quantitative estimate of drug-likeness (QED) is 0.226. The Balaban J connectivity index is 1.55. The summed E-state index contributed by atoms with van der Waals surface area (Å²) in [6.45, 7) is 0. The van der Waals surface area contributed by atoms with Crippen LogP contribution in [0.3, 0.4) is 0 Å². The molecule has 4 aromatic rings. The van der Waals surface area contributed by atoms with Gasteiger partial charge in [-0.2, -0.15) is 0 Å². The van der Waals surface area contributed by atoms with Gasteiger partial charge in [-0.25, -0.2) is 0 Å². The van der Waals surface area contributed by atoms with Crippen LogP contribution >= 0.6 is 11.6 Å². The van der Waals surface area contributed by atoms with Crippen molar-refractivity contribution in [2.45, 2.75) is 18.0 Å². The van der Waals surface area contributed by atoms with E-state index in [0.29, 0.717) is 21.7 Å². The van der Waals surface area contributed by atoms with E-state index in [9.17, 15) is 14.4 Å². The number of halogens is 1. The summed E-state index contributed by atoms with van der Waals surface area (Å²) in [6.07, 6.45) is 3.83. The summed E-state index contributed by atoms with van der Waals surface area (Å²) in [5.41, 5.74) is 2.30. The average molecular weight is 516 g/mol. The van der Waals surface area contributed by atoms with Crippen LogP contribution in [-0.2, 0) is 0 Å². The second-order valence-electron chi connectivity index (χ2n) is 10.1. The molecule has 0 aromatic heterocycles. The van der Waals surface area contributed by atoms with E-state index in [1.807, 2.05) is 77.7 Å². The van der Waals surface area contributed by atoms with Crippen molar-refractivity contribution in [1.82, 2.24) is 0 Å². The van der Waals surface area contributed by atoms with E-state index in [1.54, 1.807) is 42.5 Å². The molecule has 0 unspecified atom stereocenters. The van der Waals surface area contributed by atoms with Crippen molar-refractivity contribution in [1.29, 1.82) is 0 Å². The third kappa shape index (κ3) is 2.95. The van der Waals surface area contributed by atoms with Gasteiger partial charge >= 0.3 is 0 Å². The smallest absolute Gasteiger partial charge is 0.185 e. The first kappa shape index (κ1) is 22.9. The SMILES string of the molecule is O=C(c1ccccc1)[C@@H]1[C@@H](c2ccccc2)C2(C(=O)c3ccccc3C2=O)[C@@H]2C=Cc3cc(Cl)ccc3N12. The van der Waals surface area contributed by atoms with E-state index in [0.717, 1.165) is 16.8 Å². The van der Waals surface area contributed by atoms with Gasteiger partial charge in [0.15, 0.2) is 17.3 Å². The first-order chi connectivity index (χ1) is 18.5. The molecule has 4 nitrogen and oxygen atoms in total. The lowest BCUT2D eigenvalue weighted by Gasteiger charge is -2.37. The van der Waals surface area contributed by atoms with Gasteiger partial charge in [-0.15, -0.1) is 0 Å². The minimum absolute atomic E-state index is 0.130. The predicted molar refractivity (Wildman–Crippen MR) is 148 cm³/mol. The molecular weight excluding hydrogens is 494 g/mol. The third-order valence-corrected chi connectivity index (χ3v) is 8.49. The van der Waals surface area contributed by atoms with Gasteiger partial charge in [0.1, 0.15) is 11.5 Å². The molecule has 0 radical (unpaired) electrons. The van der Waals surface area contributed by atoms with Gasteiger partial charge in [0.25, 0.3) is 0 Å². The fourth-order valence-electron chi connectivity index (χ4n) is 6.75. The molecule has 7 rings (SSSR count). The molecule has 0 saturated carbocycles. The summed E-state index contributed by atoms with van der Waals surface area (Å²) in [7, 11) is 0. The molecule has 1 fully saturated rings. The molecular formula is C33H22ClNO3. The number of fused-ring (bicyclic) bond motifs is 5. The normalized spacial score (nSPS) is 22.3. The Bertz CT molecular complexity index is 1630. The Kier molecular flexibility index (Phi) is 5.04. The van der Waals surface area contributed by atoms with Crippen LogP contribution in [0.4, 0.5) is 5.69 Å². The van der Waals surface area contributed by atoms with E-state index >= 15 is 0 Å². The van der Waals surface area contributed by atoms with Crippen molar-refractivity contribution in [3.8, 4) is 0 Å². The van der Waals surface area contributed by atoms with Crippen molar-refractivity contribution in [2.75, 3.05) is 4.90 Å². The number of hydrogen-bond acceptors (Lipinski definition) is 4. The van der Waals surface area contributed by atoms with Gasteiger partial charge in [0.05, 0.1) is 6.04 Å². The number of hydrogen-bond donors (Lipinski definition) is 0. The van der Waals surface area contributed by atoms with E-state index in [2.05, 4.69) is 0 Å². The van der Waals surface area contributed by atoms with Crippen LogP contribution in [0, 0.1) is 5.41 Å². The van der Waals surface area contributed by atoms with Crippen molar-refractivity contribution in [3.05, 3.63) is 142 Å². The maximum atomic E-state index is 14.5. The highest BCUT2D eigenvalue weighted by atomic mass is 35.5. The molecule has 0 bridgehead atoms. The number of anilines is 1. The third-order valence-electron chi connectivity index (χ3n) is 8.25. The molecule has 1 spiro atoms. The number of Topliss-reactive ketones (excluding diaryl/α,β-unsaturated/α-hetero) is 3. The highest BCUT2D eigenvalue weighted by Crippen LogP contribution is 2.61. The van der Waals surface area contributed by atoms with Crippen molar-refractivity contribution in [2.24, 2.45) is 5.41 Å². The number of rotatable bonds is 3. The molecule has 3 atom stereocenters. The van der Waals surface area contributed by atoms with Gasteiger partial charge in [-0.3, -0.25) is 14.4 Å². The van der Waals surface area contributed by atoms with E-state index in [4.69, 9.17) is 11.6 Å². The summed E-state index contributed by atoms with van der Waals surface area (Å²) in [6, 6.07) is 29.8. The summed E-state index contributed by atoms with van der Waals surface area (Å²) >= 11 is 6.34. The molecule has 184 valence electrons. The second kappa shape index (κ2) is 8.37. The average Bonchev–Trinajstić information content (AvgIpc) is 3.39. The zero-order valence-corrected chi connectivity index (χ0v) is 21.0. The minimum atomic E-state index is -1.49. The van der Waals surface area contributed by atoms with E-state index in [1.165, 1.54) is 0 Å². The van der Waals surface area contributed by atoms with Gasteiger partial charge in [-0.05, 0) is 29.3 Å². The van der Waals surface area contributed by atoms with Crippen molar-refractivity contribution in [3.63, 3.8) is 0 Å². The van der Waals surface area contributed by atoms with Crippen LogP contribution in [0.2, 0.25) is 5.02 Å². The van der Waals surface area contributed by atoms with Gasteiger partial charge in [0.2, 0.25) is 0 Å². The largest absolute Gasteiger partial charge is 0.352 e. The monoisotopic (exact) mass is 515 g/mol. The zero-order valence-electron chi connectivity index (χ0n) is 20.3. The topological polar surface area (TPSA) is 54.5 Å². The summed E-state index contributed by atoms with van der Waals surface area (Å²) in [5.74, 6) is -1.30. The highest BCUT2D eigenvalue weighted by molar-refractivity contribution is 6.32. The Labute approximate surface area is 225 Å². The summed E-state index contributed by atoms with van der Waals surface area (Å²) < 4.78 is 0. The van der Waals surface area contributed by atoms with E-state index < -0.39 is 23.4 Å². The molecule has 0 amide bonds. The second-order valence-corrected chi connectivity index (χ2v) is 10.5. The van der Waals surface area contributed by atoms with Gasteiger partial charge in [-0.1, -0.05) is 109 Å². The highest BCUT2D eigenvalue weighted by Gasteiger charge is 2.71. The zero-order chi connectivity index (χ0) is 26.0. The molecule has 3 aliphatic rings. The van der Waals surface area contributed by atoms with Crippen LogP contribution in [0.15, 0.2) is 109 Å². The van der Waals surface area contributed by atoms with Crippen LogP contribution in [0.25, 0.3) is 6.08 Å². The predicted octanol–water partition coefficient (Wildman–Crippen LogP) is 6.66. The number of carbonyl (C=O) groups excluding carboxylic acids is 3. The lowest BCUT2D eigenvalue weighted by Crippen LogP contribution is -2.48. The molecule has 2 heterocycles. The fourth-order valence-corrected chi connectivity index (χ4v) is 6.93. The lowest BCUT2D eigenvalue weighted by molar-refractivity contribution is 0.0666. The fraction of sp³-hybridized carbons (Fsp3) is 0.121. The van der Waals surface area contributed by atoms with Crippen LogP contribution in [0.1, 0.15) is 48.1 Å². The van der Waals surface area contributed by atoms with Crippen molar-refractivity contribution < 1.29 is 14.4 Å². The lowest BCUT2D eigenvalue weighted by atomic mass is 9.64. The Morgan fingerprint density at radius 2 is 1.37 bits per heavy atom. The number of nitrogens with zero attached hydrogens (tertiary/aromatic N) is 1. The molecule has 0 N–H and O–H groups in total. The van der Waals surface area contributed by atoms with Crippen molar-refractivity contribution >= 4 is 40.7 Å². The first-order valence-corrected chi connectivity index (χ1v) is 13.0. The Morgan fingerprint density at radius 3 is 2.03 bits per heavy atom. The van der Waals surface area contributed by atoms with E-state index in [-0.39, 0.29) is 17.3 Å². The Morgan fingerprint density at radius 1 is 0.763 bits per heavy atom. The standard InChI is InChI=1S/C33H22ClNO3/c34-23-16-17-26-22(19-23)15-18-27-33(31(37)24-13-7-8-14-25(24)32(33)38)28(20-9-3-1-4-10-20)29(35(26)27)30(36)21-11-5-2-6-12-21/h1-19,27-29H/t27-,28+,29-/m0/s1. The number of benzene rings is 4. The molecule has 2 aliphatic heterocycles. The summed E-state index contributed by atoms with van der Waals surface area (Å²) in [4.78, 5) is 45.5. The van der Waals surface area contributed by atoms with Crippen LogP contribution in [0.5, 0.6) is 0 Å². The Hall–Kier alpha value is -4.28. The maximum Gasteiger partial charge on any atom is 0.185 e. The molecule has 1 aliphatic carbocycles. The maximum absolute atomic E-state index is 14.5. The first-order valence-electron chi connectivity index (χ1n) is 12.6. The molecule has 38 heavy (non-hydrogen) atoms. The molecule has 5 heteroatoms. The number of carbonyl (C=O) groups is 3. The molecule has 1 saturated heterocycles. The van der Waals surface area contributed by atoms with Crippen LogP contribution in [-0.4, -0.2) is 29.4 Å². The minimum Gasteiger partial charge on any atom is -0.352 e. The van der Waals surface area contributed by atoms with Gasteiger partial charge < -0.3 is 4.90 Å². The van der Waals surface area contributed by atoms with Crippen LogP contribution < -0.4 is 4.90 Å². The molecule has 4 aromatic carbocycles. The van der Waals surface area contributed by atoms with Gasteiger partial charge in [0, 0.05) is 33.3 Å².